The first kappa shape index (κ1) is 24.1. The van der Waals surface area contributed by atoms with E-state index in [4.69, 9.17) is 9.73 Å². The lowest BCUT2D eigenvalue weighted by Gasteiger charge is -2.22. The van der Waals surface area contributed by atoms with Crippen LogP contribution in [0.15, 0.2) is 53.5 Å². The highest BCUT2D eigenvalue weighted by Gasteiger charge is 2.25. The van der Waals surface area contributed by atoms with E-state index >= 15 is 0 Å². The standard InChI is InChI=1S/C23H33N5O.HI/c1-5-24-23(25-16-18-10-12-20(13-11-18)27(2)3)26-19-14-15-28(17-19)21-8-6-7-9-22(21)29-4;/h6-13,19H,5,14-17H2,1-4H3,(H2,24,25,26);1H. The van der Waals surface area contributed by atoms with Gasteiger partial charge in [-0.1, -0.05) is 24.3 Å². The Bertz CT molecular complexity index is 809. The van der Waals surface area contributed by atoms with Crippen LogP contribution < -0.4 is 25.2 Å². The first-order valence-electron chi connectivity index (χ1n) is 10.3. The van der Waals surface area contributed by atoms with E-state index in [0.717, 1.165) is 43.5 Å². The zero-order valence-corrected chi connectivity index (χ0v) is 20.7. The van der Waals surface area contributed by atoms with Crippen molar-refractivity contribution in [2.45, 2.75) is 25.9 Å². The van der Waals surface area contributed by atoms with Crippen LogP contribution in [0, 0.1) is 0 Å². The number of ether oxygens (including phenoxy) is 1. The number of halogens is 1. The molecule has 0 radical (unpaired) electrons. The minimum absolute atomic E-state index is 0. The van der Waals surface area contributed by atoms with Crippen LogP contribution in [0.2, 0.25) is 0 Å². The number of rotatable bonds is 7. The SMILES string of the molecule is CCNC(=NCc1ccc(N(C)C)cc1)NC1CCN(c2ccccc2OC)C1.I. The molecule has 6 nitrogen and oxygen atoms in total. The number of guanidine groups is 1. The largest absolute Gasteiger partial charge is 0.495 e. The van der Waals surface area contributed by atoms with Crippen molar-refractivity contribution in [3.8, 4) is 5.75 Å². The van der Waals surface area contributed by atoms with Gasteiger partial charge in [0, 0.05) is 45.5 Å². The number of nitrogens with zero attached hydrogens (tertiary/aromatic N) is 3. The number of nitrogens with one attached hydrogen (secondary N) is 2. The average molecular weight is 523 g/mol. The normalized spacial score (nSPS) is 16.1. The van der Waals surface area contributed by atoms with Gasteiger partial charge in [0.2, 0.25) is 0 Å². The second-order valence-corrected chi connectivity index (χ2v) is 7.50. The van der Waals surface area contributed by atoms with Gasteiger partial charge in [-0.25, -0.2) is 4.99 Å². The third-order valence-electron chi connectivity index (χ3n) is 5.17. The maximum absolute atomic E-state index is 5.52. The summed E-state index contributed by atoms with van der Waals surface area (Å²) in [6.07, 6.45) is 1.07. The van der Waals surface area contributed by atoms with Gasteiger partial charge in [-0.3, -0.25) is 0 Å². The van der Waals surface area contributed by atoms with E-state index in [-0.39, 0.29) is 24.0 Å². The van der Waals surface area contributed by atoms with Crippen molar-refractivity contribution >= 4 is 41.3 Å². The molecule has 2 aromatic rings. The maximum Gasteiger partial charge on any atom is 0.191 e. The molecule has 0 aromatic heterocycles. The van der Waals surface area contributed by atoms with Gasteiger partial charge in [-0.2, -0.15) is 0 Å². The second kappa shape index (κ2) is 11.9. The van der Waals surface area contributed by atoms with Gasteiger partial charge in [0.1, 0.15) is 5.75 Å². The predicted octanol–water partition coefficient (Wildman–Crippen LogP) is 3.71. The Hall–Kier alpha value is -2.16. The summed E-state index contributed by atoms with van der Waals surface area (Å²) in [4.78, 5) is 9.27. The smallest absolute Gasteiger partial charge is 0.191 e. The molecule has 1 saturated heterocycles. The summed E-state index contributed by atoms with van der Waals surface area (Å²) in [5.74, 6) is 1.80. The molecule has 7 heteroatoms. The van der Waals surface area contributed by atoms with Crippen molar-refractivity contribution in [2.75, 3.05) is 50.6 Å². The van der Waals surface area contributed by atoms with Gasteiger partial charge in [0.15, 0.2) is 5.96 Å². The summed E-state index contributed by atoms with van der Waals surface area (Å²) >= 11 is 0. The molecule has 1 aliphatic heterocycles. The van der Waals surface area contributed by atoms with Crippen LogP contribution in [0.1, 0.15) is 18.9 Å². The molecular weight excluding hydrogens is 489 g/mol. The monoisotopic (exact) mass is 523 g/mol. The van der Waals surface area contributed by atoms with E-state index in [2.05, 4.69) is 77.9 Å². The summed E-state index contributed by atoms with van der Waals surface area (Å²) in [6, 6.07) is 17.1. The fraction of sp³-hybridized carbons (Fsp3) is 0.435. The highest BCUT2D eigenvalue weighted by molar-refractivity contribution is 14.0. The summed E-state index contributed by atoms with van der Waals surface area (Å²) in [7, 11) is 5.83. The third kappa shape index (κ3) is 6.42. The van der Waals surface area contributed by atoms with Crippen molar-refractivity contribution in [2.24, 2.45) is 4.99 Å². The van der Waals surface area contributed by atoms with E-state index in [1.54, 1.807) is 7.11 Å². The van der Waals surface area contributed by atoms with Crippen molar-refractivity contribution in [3.63, 3.8) is 0 Å². The summed E-state index contributed by atoms with van der Waals surface area (Å²) in [6.45, 7) is 5.53. The average Bonchev–Trinajstić information content (AvgIpc) is 3.20. The van der Waals surface area contributed by atoms with Gasteiger partial charge >= 0.3 is 0 Å². The van der Waals surface area contributed by atoms with Crippen molar-refractivity contribution < 1.29 is 4.74 Å². The molecule has 0 aliphatic carbocycles. The lowest BCUT2D eigenvalue weighted by atomic mass is 10.2. The van der Waals surface area contributed by atoms with Crippen LogP contribution in [0.25, 0.3) is 0 Å². The molecule has 1 fully saturated rings. The van der Waals surface area contributed by atoms with Crippen LogP contribution in [-0.4, -0.2) is 52.8 Å². The highest BCUT2D eigenvalue weighted by Crippen LogP contribution is 2.30. The molecule has 0 bridgehead atoms. The molecule has 0 amide bonds. The fourth-order valence-electron chi connectivity index (χ4n) is 3.57. The molecular formula is C23H34IN5O. The van der Waals surface area contributed by atoms with Gasteiger partial charge < -0.3 is 25.2 Å². The van der Waals surface area contributed by atoms with E-state index < -0.39 is 0 Å². The minimum atomic E-state index is 0. The Labute approximate surface area is 197 Å². The Kier molecular flexibility index (Phi) is 9.55. The van der Waals surface area contributed by atoms with Crippen LogP contribution in [0.4, 0.5) is 11.4 Å². The molecule has 164 valence electrons. The molecule has 0 saturated carbocycles. The maximum atomic E-state index is 5.52. The van der Waals surface area contributed by atoms with Crippen LogP contribution in [-0.2, 0) is 6.54 Å². The van der Waals surface area contributed by atoms with Gasteiger partial charge in [0.25, 0.3) is 0 Å². The quantitative estimate of drug-likeness (QED) is 0.329. The minimum Gasteiger partial charge on any atom is -0.495 e. The van der Waals surface area contributed by atoms with Crippen molar-refractivity contribution in [1.29, 1.82) is 0 Å². The first-order valence-corrected chi connectivity index (χ1v) is 10.3. The van der Waals surface area contributed by atoms with Crippen LogP contribution in [0.5, 0.6) is 5.75 Å². The van der Waals surface area contributed by atoms with Crippen molar-refractivity contribution in [1.82, 2.24) is 10.6 Å². The third-order valence-corrected chi connectivity index (χ3v) is 5.17. The molecule has 1 unspecified atom stereocenters. The molecule has 1 atom stereocenters. The fourth-order valence-corrected chi connectivity index (χ4v) is 3.57. The van der Waals surface area contributed by atoms with Crippen LogP contribution >= 0.6 is 24.0 Å². The Morgan fingerprint density at radius 3 is 2.57 bits per heavy atom. The molecule has 1 aliphatic rings. The number of aliphatic imine (C=N–C) groups is 1. The second-order valence-electron chi connectivity index (χ2n) is 7.50. The number of methoxy groups -OCH3 is 1. The summed E-state index contributed by atoms with van der Waals surface area (Å²) in [5.41, 5.74) is 3.56. The van der Waals surface area contributed by atoms with Crippen molar-refractivity contribution in [3.05, 3.63) is 54.1 Å². The van der Waals surface area contributed by atoms with Gasteiger partial charge in [-0.05, 0) is 43.2 Å². The Morgan fingerprint density at radius 2 is 1.90 bits per heavy atom. The number of hydrogen-bond acceptors (Lipinski definition) is 4. The van der Waals surface area contributed by atoms with Gasteiger partial charge in [-0.15, -0.1) is 24.0 Å². The predicted molar refractivity (Wildman–Crippen MR) is 138 cm³/mol. The topological polar surface area (TPSA) is 52.1 Å². The molecule has 2 N–H and O–H groups in total. The highest BCUT2D eigenvalue weighted by atomic mass is 127. The number of anilines is 2. The number of benzene rings is 2. The Balaban J connectivity index is 0.00000320. The zero-order valence-electron chi connectivity index (χ0n) is 18.4. The Morgan fingerprint density at radius 1 is 1.17 bits per heavy atom. The lowest BCUT2D eigenvalue weighted by Crippen LogP contribution is -2.44. The summed E-state index contributed by atoms with van der Waals surface area (Å²) in [5, 5.41) is 6.98. The zero-order chi connectivity index (χ0) is 20.6. The van der Waals surface area contributed by atoms with Gasteiger partial charge in [0.05, 0.1) is 19.3 Å². The lowest BCUT2D eigenvalue weighted by molar-refractivity contribution is 0.415. The van der Waals surface area contributed by atoms with E-state index in [1.165, 1.54) is 11.3 Å². The molecule has 3 rings (SSSR count). The summed E-state index contributed by atoms with van der Waals surface area (Å²) < 4.78 is 5.52. The van der Waals surface area contributed by atoms with E-state index in [0.29, 0.717) is 12.6 Å². The molecule has 30 heavy (non-hydrogen) atoms. The molecule has 2 aromatic carbocycles. The number of para-hydroxylation sites is 2. The molecule has 1 heterocycles. The first-order chi connectivity index (χ1) is 14.1. The van der Waals surface area contributed by atoms with E-state index in [9.17, 15) is 0 Å². The van der Waals surface area contributed by atoms with E-state index in [1.807, 2.05) is 12.1 Å². The molecule has 0 spiro atoms. The van der Waals surface area contributed by atoms with Crippen LogP contribution in [0.3, 0.4) is 0 Å². The number of hydrogen-bond donors (Lipinski definition) is 2.